The van der Waals surface area contributed by atoms with Crippen molar-refractivity contribution in [2.75, 3.05) is 31.6 Å². The predicted molar refractivity (Wildman–Crippen MR) is 180 cm³/mol. The normalized spacial score (nSPS) is 11.7. The van der Waals surface area contributed by atoms with Crippen LogP contribution in [0.25, 0.3) is 0 Å². The maximum Gasteiger partial charge on any atom is 0.264 e. The van der Waals surface area contributed by atoms with Crippen molar-refractivity contribution in [3.63, 3.8) is 0 Å². The quantitative estimate of drug-likeness (QED) is 0.175. The number of carbonyl (C=O) groups excluding carboxylic acids is 2. The zero-order chi connectivity index (χ0) is 33.1. The Morgan fingerprint density at radius 3 is 2.15 bits per heavy atom. The van der Waals surface area contributed by atoms with E-state index in [1.807, 2.05) is 37.3 Å². The summed E-state index contributed by atoms with van der Waals surface area (Å²) in [6.07, 6.45) is 0.890. The Morgan fingerprint density at radius 2 is 1.52 bits per heavy atom. The monoisotopic (exact) mass is 663 g/mol. The molecule has 242 valence electrons. The number of ether oxygens (including phenoxy) is 2. The molecule has 4 aromatic carbocycles. The molecule has 0 saturated carbocycles. The summed E-state index contributed by atoms with van der Waals surface area (Å²) < 4.78 is 40.5. The van der Waals surface area contributed by atoms with Crippen LogP contribution in [0.3, 0.4) is 0 Å². The van der Waals surface area contributed by atoms with E-state index >= 15 is 0 Å². The van der Waals surface area contributed by atoms with Gasteiger partial charge in [0, 0.05) is 30.6 Å². The lowest BCUT2D eigenvalue weighted by atomic mass is 10.0. The Balaban J connectivity index is 1.86. The van der Waals surface area contributed by atoms with E-state index in [-0.39, 0.29) is 35.2 Å². The minimum Gasteiger partial charge on any atom is -0.497 e. The van der Waals surface area contributed by atoms with Crippen LogP contribution in [0, 0.1) is 0 Å². The van der Waals surface area contributed by atoms with Gasteiger partial charge < -0.3 is 19.7 Å². The van der Waals surface area contributed by atoms with Crippen molar-refractivity contribution in [2.24, 2.45) is 0 Å². The topological polar surface area (TPSA) is 105 Å². The summed E-state index contributed by atoms with van der Waals surface area (Å²) in [5, 5.41) is 3.34. The van der Waals surface area contributed by atoms with Crippen molar-refractivity contribution < 1.29 is 27.5 Å². The van der Waals surface area contributed by atoms with Gasteiger partial charge in [0.25, 0.3) is 10.0 Å². The lowest BCUT2D eigenvalue weighted by molar-refractivity contribution is -0.140. The fraction of sp³-hybridized carbons (Fsp3) is 0.257. The minimum atomic E-state index is -4.32. The number of nitrogens with zero attached hydrogens (tertiary/aromatic N) is 2. The van der Waals surface area contributed by atoms with Crippen molar-refractivity contribution in [2.45, 2.75) is 37.2 Å². The second-order valence-electron chi connectivity index (χ2n) is 10.5. The van der Waals surface area contributed by atoms with E-state index in [9.17, 15) is 18.0 Å². The van der Waals surface area contributed by atoms with Gasteiger partial charge in [0.1, 0.15) is 24.1 Å². The molecular formula is C35H38ClN3O6S. The molecule has 0 aromatic heterocycles. The molecule has 1 atom stereocenters. The summed E-state index contributed by atoms with van der Waals surface area (Å²) in [5.74, 6) is -0.392. The van der Waals surface area contributed by atoms with Gasteiger partial charge in [0.15, 0.2) is 0 Å². The zero-order valence-electron chi connectivity index (χ0n) is 26.1. The van der Waals surface area contributed by atoms with Crippen LogP contribution in [0.1, 0.15) is 24.5 Å². The van der Waals surface area contributed by atoms with Crippen LogP contribution >= 0.6 is 11.6 Å². The number of carbonyl (C=O) groups is 2. The van der Waals surface area contributed by atoms with E-state index in [0.717, 1.165) is 9.87 Å². The Morgan fingerprint density at radius 1 is 0.870 bits per heavy atom. The number of amides is 2. The number of sulfonamides is 1. The first-order valence-electron chi connectivity index (χ1n) is 14.8. The molecule has 0 spiro atoms. The third-order valence-electron chi connectivity index (χ3n) is 7.38. The van der Waals surface area contributed by atoms with Crippen molar-refractivity contribution in [3.05, 3.63) is 119 Å². The first-order valence-corrected chi connectivity index (χ1v) is 16.7. The van der Waals surface area contributed by atoms with E-state index in [0.29, 0.717) is 29.3 Å². The maximum absolute atomic E-state index is 14.6. The molecule has 0 heterocycles. The summed E-state index contributed by atoms with van der Waals surface area (Å²) >= 11 is 6.55. The lowest BCUT2D eigenvalue weighted by Gasteiger charge is -2.34. The fourth-order valence-electron chi connectivity index (χ4n) is 4.95. The number of methoxy groups -OCH3 is 2. The molecule has 9 nitrogen and oxygen atoms in total. The van der Waals surface area contributed by atoms with Crippen LogP contribution in [0.5, 0.6) is 11.5 Å². The van der Waals surface area contributed by atoms with Crippen molar-refractivity contribution >= 4 is 39.1 Å². The van der Waals surface area contributed by atoms with Gasteiger partial charge in [0.2, 0.25) is 11.8 Å². The molecular weight excluding hydrogens is 626 g/mol. The Hall–Kier alpha value is -4.54. The molecule has 0 aliphatic carbocycles. The highest BCUT2D eigenvalue weighted by atomic mass is 35.5. The van der Waals surface area contributed by atoms with Crippen molar-refractivity contribution in [1.82, 2.24) is 10.2 Å². The SMILES string of the molecule is CCCNC(=O)[C@@H](Cc1ccccc1)N(Cc1ccccc1Cl)C(=O)CN(c1cc(OC)ccc1OC)S(=O)(=O)c1ccccc1. The van der Waals surface area contributed by atoms with Gasteiger partial charge in [-0.15, -0.1) is 0 Å². The van der Waals surface area contributed by atoms with Crippen LogP contribution in [0.15, 0.2) is 108 Å². The first-order chi connectivity index (χ1) is 22.2. The second-order valence-corrected chi connectivity index (χ2v) is 12.7. The van der Waals surface area contributed by atoms with Gasteiger partial charge in [-0.3, -0.25) is 13.9 Å². The van der Waals surface area contributed by atoms with Gasteiger partial charge in [-0.05, 0) is 47.9 Å². The third kappa shape index (κ3) is 8.38. The van der Waals surface area contributed by atoms with Gasteiger partial charge in [-0.2, -0.15) is 0 Å². The fourth-order valence-corrected chi connectivity index (χ4v) is 6.59. The van der Waals surface area contributed by atoms with Crippen molar-refractivity contribution in [3.8, 4) is 11.5 Å². The summed E-state index contributed by atoms with van der Waals surface area (Å²) in [5.41, 5.74) is 1.54. The number of anilines is 1. The highest BCUT2D eigenvalue weighted by Crippen LogP contribution is 2.36. The van der Waals surface area contributed by atoms with E-state index in [4.69, 9.17) is 21.1 Å². The molecule has 4 rings (SSSR count). The Labute approximate surface area is 275 Å². The highest BCUT2D eigenvalue weighted by molar-refractivity contribution is 7.92. The average molecular weight is 664 g/mol. The van der Waals surface area contributed by atoms with Gasteiger partial charge in [-0.1, -0.05) is 85.3 Å². The number of nitrogens with one attached hydrogen (secondary N) is 1. The van der Waals surface area contributed by atoms with Crippen LogP contribution in [0.4, 0.5) is 5.69 Å². The third-order valence-corrected chi connectivity index (χ3v) is 9.53. The van der Waals surface area contributed by atoms with Crippen molar-refractivity contribution in [1.29, 1.82) is 0 Å². The van der Waals surface area contributed by atoms with E-state index in [1.165, 1.54) is 37.3 Å². The molecule has 0 aliphatic heterocycles. The molecule has 0 fully saturated rings. The van der Waals surface area contributed by atoms with E-state index < -0.39 is 28.5 Å². The molecule has 0 saturated heterocycles. The summed E-state index contributed by atoms with van der Waals surface area (Å²) in [6.45, 7) is 1.67. The molecule has 11 heteroatoms. The Kier molecular flexibility index (Phi) is 12.1. The van der Waals surface area contributed by atoms with Crippen LogP contribution in [-0.4, -0.2) is 58.5 Å². The second kappa shape index (κ2) is 16.1. The minimum absolute atomic E-state index is 0.0214. The summed E-state index contributed by atoms with van der Waals surface area (Å²) in [6, 6.07) is 28.0. The molecule has 0 unspecified atom stereocenters. The largest absolute Gasteiger partial charge is 0.497 e. The van der Waals surface area contributed by atoms with Gasteiger partial charge >= 0.3 is 0 Å². The maximum atomic E-state index is 14.6. The lowest BCUT2D eigenvalue weighted by Crippen LogP contribution is -2.53. The summed E-state index contributed by atoms with van der Waals surface area (Å²) in [7, 11) is -1.44. The number of rotatable bonds is 15. The molecule has 0 radical (unpaired) electrons. The molecule has 2 amide bonds. The van der Waals surface area contributed by atoms with E-state index in [1.54, 1.807) is 54.6 Å². The first kappa shape index (κ1) is 34.3. The predicted octanol–water partition coefficient (Wildman–Crippen LogP) is 5.72. The standard InChI is InChI=1S/C35H38ClN3O6S/c1-4-21-37-35(41)32(22-26-13-7-5-8-14-26)38(24-27-15-11-12-18-30(27)36)34(40)25-39(46(42,43)29-16-9-6-10-17-29)31-23-28(44-2)19-20-33(31)45-3/h5-20,23,32H,4,21-22,24-25H2,1-3H3,(H,37,41)/t32-/m1/s1. The number of hydrogen-bond donors (Lipinski definition) is 1. The highest BCUT2D eigenvalue weighted by Gasteiger charge is 2.36. The summed E-state index contributed by atoms with van der Waals surface area (Å²) in [4.78, 5) is 29.8. The molecule has 46 heavy (non-hydrogen) atoms. The number of hydrogen-bond acceptors (Lipinski definition) is 6. The number of benzene rings is 4. The van der Waals surface area contributed by atoms with Crippen LogP contribution in [0.2, 0.25) is 5.02 Å². The molecule has 4 aromatic rings. The van der Waals surface area contributed by atoms with Gasteiger partial charge in [-0.25, -0.2) is 8.42 Å². The number of halogens is 1. The molecule has 0 aliphatic rings. The van der Waals surface area contributed by atoms with Crippen LogP contribution in [-0.2, 0) is 32.6 Å². The zero-order valence-corrected chi connectivity index (χ0v) is 27.6. The van der Waals surface area contributed by atoms with Gasteiger partial charge in [0.05, 0.1) is 24.8 Å². The van der Waals surface area contributed by atoms with Crippen LogP contribution < -0.4 is 19.1 Å². The molecule has 1 N–H and O–H groups in total. The average Bonchev–Trinajstić information content (AvgIpc) is 3.08. The smallest absolute Gasteiger partial charge is 0.264 e. The Bertz CT molecular complexity index is 1720. The molecule has 0 bridgehead atoms. The van der Waals surface area contributed by atoms with E-state index in [2.05, 4.69) is 5.32 Å².